The maximum atomic E-state index is 13.0. The third-order valence-corrected chi connectivity index (χ3v) is 16.1. The Balaban J connectivity index is 1.64. The topological polar surface area (TPSA) is 176 Å². The van der Waals surface area contributed by atoms with E-state index in [0.29, 0.717) is 49.2 Å². The molecule has 2 heterocycles. The number of unbranched alkanes of at least 4 members (excludes halogenated alkanes) is 31. The second kappa shape index (κ2) is 49.6. The van der Waals surface area contributed by atoms with E-state index in [4.69, 9.17) is 33.2 Å². The van der Waals surface area contributed by atoms with E-state index in [-0.39, 0.29) is 63.1 Å². The highest BCUT2D eigenvalue weighted by molar-refractivity contribution is 6.99. The van der Waals surface area contributed by atoms with Crippen molar-refractivity contribution in [3.63, 3.8) is 0 Å². The van der Waals surface area contributed by atoms with Gasteiger partial charge in [0, 0.05) is 44.1 Å². The van der Waals surface area contributed by atoms with E-state index in [2.05, 4.69) is 42.6 Å². The lowest BCUT2D eigenvalue weighted by Crippen LogP contribution is -2.55. The van der Waals surface area contributed by atoms with Crippen LogP contribution in [0.4, 0.5) is 4.79 Å². The van der Waals surface area contributed by atoms with Gasteiger partial charge in [-0.15, -0.1) is 4.37 Å². The maximum Gasteiger partial charge on any atom is 0.512 e. The molecule has 1 aliphatic heterocycles. The van der Waals surface area contributed by atoms with Crippen molar-refractivity contribution in [3.8, 4) is 5.88 Å². The zero-order chi connectivity index (χ0) is 58.9. The van der Waals surface area contributed by atoms with Crippen LogP contribution in [0.15, 0.2) is 6.08 Å². The van der Waals surface area contributed by atoms with Crippen molar-refractivity contribution in [2.45, 2.75) is 304 Å². The van der Waals surface area contributed by atoms with Gasteiger partial charge in [0.25, 0.3) is 5.88 Å². The van der Waals surface area contributed by atoms with Crippen LogP contribution in [0.1, 0.15) is 297 Å². The minimum absolute atomic E-state index is 0.0253. The van der Waals surface area contributed by atoms with E-state index in [0.717, 1.165) is 107 Å². The molecule has 0 aromatic carbocycles. The third-order valence-electron chi connectivity index (χ3n) is 15.6. The second-order valence-electron chi connectivity index (χ2n) is 23.5. The normalized spacial score (nSPS) is 15.0. The first-order valence-corrected chi connectivity index (χ1v) is 33.6. The van der Waals surface area contributed by atoms with Gasteiger partial charge in [-0.2, -0.15) is 4.37 Å². The van der Waals surface area contributed by atoms with Crippen LogP contribution in [-0.4, -0.2) is 109 Å². The summed E-state index contributed by atoms with van der Waals surface area (Å²) >= 11 is 1.14. The van der Waals surface area contributed by atoms with Crippen molar-refractivity contribution in [1.82, 2.24) is 8.75 Å². The van der Waals surface area contributed by atoms with Gasteiger partial charge < -0.3 is 33.2 Å². The highest BCUT2D eigenvalue weighted by atomic mass is 32.1. The van der Waals surface area contributed by atoms with Crippen LogP contribution in [0.25, 0.3) is 5.57 Å². The number of esters is 4. The SMILES string of the molecule is CCCCCCCCCCCCCCCC(=O)OCC(COC(=O)CCCCCCCCCCCCCCC)OC(=O)CCCCCCCOC(=O)CC(C)COC(=O)O[C@H](C)[N+]1(C)CCC=C(c2nsnc2OCCCCCC)C1. The summed E-state index contributed by atoms with van der Waals surface area (Å²) in [5.74, 6) is -1.12. The van der Waals surface area contributed by atoms with Gasteiger partial charge in [-0.1, -0.05) is 226 Å². The van der Waals surface area contributed by atoms with Gasteiger partial charge in [0.15, 0.2) is 6.10 Å². The molecular formula is C65H116N3O12S+. The fourth-order valence-electron chi connectivity index (χ4n) is 10.2. The van der Waals surface area contributed by atoms with Crippen LogP contribution in [-0.2, 0) is 47.6 Å². The summed E-state index contributed by atoms with van der Waals surface area (Å²) in [4.78, 5) is 63.8. The molecule has 16 heteroatoms. The number of rotatable bonds is 54. The average molecular weight is 1160 g/mol. The number of quaternary nitrogens is 1. The molecule has 1 aromatic heterocycles. The highest BCUT2D eigenvalue weighted by Gasteiger charge is 2.37. The van der Waals surface area contributed by atoms with E-state index < -0.39 is 24.5 Å². The fourth-order valence-corrected chi connectivity index (χ4v) is 10.7. The Labute approximate surface area is 496 Å². The maximum absolute atomic E-state index is 13.0. The van der Waals surface area contributed by atoms with Crippen molar-refractivity contribution in [2.24, 2.45) is 5.92 Å². The molecule has 0 spiro atoms. The Morgan fingerprint density at radius 1 is 0.494 bits per heavy atom. The number of carbonyl (C=O) groups is 5. The quantitative estimate of drug-likeness (QED) is 0.0261. The van der Waals surface area contributed by atoms with Crippen molar-refractivity contribution < 1.29 is 61.6 Å². The third kappa shape index (κ3) is 39.4. The van der Waals surface area contributed by atoms with Gasteiger partial charge in [0.05, 0.1) is 51.6 Å². The summed E-state index contributed by atoms with van der Waals surface area (Å²) in [5, 5.41) is 0. The fraction of sp³-hybridized carbons (Fsp3) is 0.862. The number of ether oxygens (including phenoxy) is 7. The van der Waals surface area contributed by atoms with Crippen LogP contribution in [0, 0.1) is 5.92 Å². The van der Waals surface area contributed by atoms with Crippen LogP contribution >= 0.6 is 11.7 Å². The molecule has 0 bridgehead atoms. The Morgan fingerprint density at radius 2 is 0.926 bits per heavy atom. The largest absolute Gasteiger partial charge is 0.512 e. The first kappa shape index (κ1) is 73.3. The molecule has 468 valence electrons. The second-order valence-corrected chi connectivity index (χ2v) is 24.0. The van der Waals surface area contributed by atoms with E-state index in [1.54, 1.807) is 0 Å². The number of carbonyl (C=O) groups excluding carboxylic acids is 5. The van der Waals surface area contributed by atoms with Gasteiger partial charge in [-0.25, -0.2) is 4.79 Å². The lowest BCUT2D eigenvalue weighted by Gasteiger charge is -2.41. The Kier molecular flexibility index (Phi) is 44.9. The lowest BCUT2D eigenvalue weighted by molar-refractivity contribution is -0.944. The predicted octanol–water partition coefficient (Wildman–Crippen LogP) is 17.1. The Morgan fingerprint density at radius 3 is 1.42 bits per heavy atom. The van der Waals surface area contributed by atoms with Crippen molar-refractivity contribution >= 4 is 47.3 Å². The minimum Gasteiger partial charge on any atom is -0.475 e. The predicted molar refractivity (Wildman–Crippen MR) is 325 cm³/mol. The van der Waals surface area contributed by atoms with Gasteiger partial charge in [0.1, 0.15) is 25.5 Å². The van der Waals surface area contributed by atoms with Gasteiger partial charge in [-0.05, 0) is 32.1 Å². The van der Waals surface area contributed by atoms with Gasteiger partial charge >= 0.3 is 30.0 Å². The summed E-state index contributed by atoms with van der Waals surface area (Å²) in [7, 11) is 2.05. The molecule has 0 amide bonds. The molecule has 0 aliphatic carbocycles. The molecule has 2 rings (SSSR count). The van der Waals surface area contributed by atoms with Crippen LogP contribution in [0.5, 0.6) is 5.88 Å². The van der Waals surface area contributed by atoms with Gasteiger partial charge in [-0.3, -0.25) is 23.7 Å². The molecule has 15 nitrogen and oxygen atoms in total. The molecule has 3 atom stereocenters. The van der Waals surface area contributed by atoms with E-state index in [9.17, 15) is 24.0 Å². The van der Waals surface area contributed by atoms with E-state index >= 15 is 0 Å². The summed E-state index contributed by atoms with van der Waals surface area (Å²) in [6.45, 7) is 12.4. The number of hydrogen-bond acceptors (Lipinski definition) is 15. The molecule has 81 heavy (non-hydrogen) atoms. The molecule has 0 saturated carbocycles. The average Bonchev–Trinajstić information content (AvgIpc) is 4.02. The molecule has 1 aromatic rings. The highest BCUT2D eigenvalue weighted by Crippen LogP contribution is 2.32. The molecule has 0 radical (unpaired) electrons. The zero-order valence-electron chi connectivity index (χ0n) is 52.2. The number of likely N-dealkylation sites (N-methyl/N-ethyl adjacent to an activating group) is 1. The summed E-state index contributed by atoms with van der Waals surface area (Å²) in [6.07, 6.45) is 41.8. The number of nitrogens with zero attached hydrogens (tertiary/aromatic N) is 3. The van der Waals surface area contributed by atoms with Crippen LogP contribution < -0.4 is 4.74 Å². The summed E-state index contributed by atoms with van der Waals surface area (Å²) in [6, 6.07) is 0. The number of hydrogen-bond donors (Lipinski definition) is 0. The van der Waals surface area contributed by atoms with Crippen LogP contribution in [0.3, 0.4) is 0 Å². The van der Waals surface area contributed by atoms with Gasteiger partial charge in [0.2, 0.25) is 6.23 Å². The standard InChI is InChI=1S/C65H116N3O12S/c1-7-10-13-16-18-20-22-24-26-28-30-33-37-44-59(69)76-53-58(54-77-60(70)45-38-34-31-29-27-25-23-21-19-17-14-11-8-2)80-61(71)46-39-35-32-36-41-48-74-62(72)50-55(4)52-78-65(73)79-56(5)68(6)47-42-43-57(51-68)63-64(67-81-66-63)75-49-40-15-12-9-3/h43,55-56,58H,7-42,44-54H2,1-6H3/q+1/t55?,56-,68?/m1/s1. The molecule has 0 fully saturated rings. The molecule has 0 saturated heterocycles. The first-order chi connectivity index (χ1) is 39.4. The monoisotopic (exact) mass is 1160 g/mol. The molecule has 0 N–H and O–H groups in total. The van der Waals surface area contributed by atoms with E-state index in [1.807, 2.05) is 13.8 Å². The van der Waals surface area contributed by atoms with Crippen molar-refractivity contribution in [3.05, 3.63) is 11.8 Å². The van der Waals surface area contributed by atoms with Crippen molar-refractivity contribution in [1.29, 1.82) is 0 Å². The zero-order valence-corrected chi connectivity index (χ0v) is 53.0. The van der Waals surface area contributed by atoms with E-state index in [1.165, 1.54) is 141 Å². The molecule has 1 aliphatic rings. The Hall–Kier alpha value is -3.79. The first-order valence-electron chi connectivity index (χ1n) is 32.9. The molecule has 2 unspecified atom stereocenters. The lowest BCUT2D eigenvalue weighted by atomic mass is 10.0. The summed E-state index contributed by atoms with van der Waals surface area (Å²) in [5.41, 5.74) is 1.79. The number of aromatic nitrogens is 2. The Bertz CT molecular complexity index is 1750. The van der Waals surface area contributed by atoms with Crippen LogP contribution in [0.2, 0.25) is 0 Å². The van der Waals surface area contributed by atoms with Crippen molar-refractivity contribution in [2.75, 3.05) is 53.2 Å². The molecular weight excluding hydrogens is 1050 g/mol. The minimum atomic E-state index is -0.862. The summed E-state index contributed by atoms with van der Waals surface area (Å²) < 4.78 is 48.9. The smallest absolute Gasteiger partial charge is 0.475 e.